The molecule has 1 aromatic rings. The van der Waals surface area contributed by atoms with Crippen LogP contribution >= 0.6 is 0 Å². The number of benzene rings is 1. The van der Waals surface area contributed by atoms with Crippen molar-refractivity contribution >= 4 is 5.69 Å². The van der Waals surface area contributed by atoms with Crippen molar-refractivity contribution in [2.75, 3.05) is 25.1 Å². The van der Waals surface area contributed by atoms with E-state index in [1.807, 2.05) is 0 Å². The maximum absolute atomic E-state index is 5.81. The first-order valence-electron chi connectivity index (χ1n) is 7.96. The van der Waals surface area contributed by atoms with E-state index in [4.69, 9.17) is 9.47 Å². The molecule has 1 aromatic carbocycles. The van der Waals surface area contributed by atoms with Gasteiger partial charge in [-0.2, -0.15) is 0 Å². The van der Waals surface area contributed by atoms with Crippen molar-refractivity contribution in [1.82, 2.24) is 5.32 Å². The number of methoxy groups -OCH3 is 1. The maximum atomic E-state index is 5.81. The van der Waals surface area contributed by atoms with Crippen molar-refractivity contribution in [3.05, 3.63) is 23.8 Å². The molecule has 2 aliphatic rings. The summed E-state index contributed by atoms with van der Waals surface area (Å²) in [4.78, 5) is 2.37. The van der Waals surface area contributed by atoms with E-state index < -0.39 is 0 Å². The molecule has 0 spiro atoms. The van der Waals surface area contributed by atoms with E-state index in [-0.39, 0.29) is 12.2 Å². The highest BCUT2D eigenvalue weighted by atomic mass is 16.5. The normalized spacial score (nSPS) is 26.0. The molecule has 1 aliphatic heterocycles. The van der Waals surface area contributed by atoms with Crippen LogP contribution < -0.4 is 15.0 Å². The van der Waals surface area contributed by atoms with Gasteiger partial charge in [-0.05, 0) is 44.4 Å². The van der Waals surface area contributed by atoms with Crippen molar-refractivity contribution in [2.45, 2.75) is 51.5 Å². The number of morpholine rings is 1. The maximum Gasteiger partial charge on any atom is 0.142 e. The van der Waals surface area contributed by atoms with Crippen LogP contribution in [-0.2, 0) is 11.3 Å². The number of nitrogens with one attached hydrogen (secondary N) is 1. The molecule has 3 rings (SSSR count). The molecule has 0 amide bonds. The average molecular weight is 290 g/mol. The van der Waals surface area contributed by atoms with Gasteiger partial charge < -0.3 is 19.7 Å². The predicted octanol–water partition coefficient (Wildman–Crippen LogP) is 2.56. The molecule has 0 radical (unpaired) electrons. The van der Waals surface area contributed by atoms with Crippen LogP contribution in [0.2, 0.25) is 0 Å². The Morgan fingerprint density at radius 1 is 1.24 bits per heavy atom. The molecule has 4 nitrogen and oxygen atoms in total. The summed E-state index contributed by atoms with van der Waals surface area (Å²) in [5, 5.41) is 3.55. The molecule has 2 atom stereocenters. The van der Waals surface area contributed by atoms with Gasteiger partial charge in [0.1, 0.15) is 5.75 Å². The van der Waals surface area contributed by atoms with Crippen molar-refractivity contribution in [3.8, 4) is 5.75 Å². The molecule has 2 unspecified atom stereocenters. The second-order valence-electron chi connectivity index (χ2n) is 6.32. The quantitative estimate of drug-likeness (QED) is 0.903. The summed E-state index contributed by atoms with van der Waals surface area (Å²) in [5.41, 5.74) is 2.46. The van der Waals surface area contributed by atoms with Crippen LogP contribution in [0.15, 0.2) is 18.2 Å². The lowest BCUT2D eigenvalue weighted by Gasteiger charge is -2.37. The first-order chi connectivity index (χ1) is 10.2. The van der Waals surface area contributed by atoms with Gasteiger partial charge >= 0.3 is 0 Å². The van der Waals surface area contributed by atoms with E-state index in [1.165, 1.54) is 24.1 Å². The molecule has 0 aromatic heterocycles. The first kappa shape index (κ1) is 14.7. The minimum Gasteiger partial charge on any atom is -0.495 e. The fraction of sp³-hybridized carbons (Fsp3) is 0.647. The molecule has 1 saturated carbocycles. The van der Waals surface area contributed by atoms with E-state index in [1.54, 1.807) is 7.11 Å². The molecular weight excluding hydrogens is 264 g/mol. The summed E-state index contributed by atoms with van der Waals surface area (Å²) < 4.78 is 11.4. The summed E-state index contributed by atoms with van der Waals surface area (Å²) in [6.45, 7) is 7.02. The van der Waals surface area contributed by atoms with Gasteiger partial charge in [-0.25, -0.2) is 0 Å². The minimum atomic E-state index is 0.259. The molecule has 4 heteroatoms. The molecule has 1 N–H and O–H groups in total. The summed E-state index contributed by atoms with van der Waals surface area (Å²) in [6, 6.07) is 7.29. The van der Waals surface area contributed by atoms with E-state index in [2.05, 4.69) is 42.3 Å². The fourth-order valence-electron chi connectivity index (χ4n) is 3.02. The van der Waals surface area contributed by atoms with Gasteiger partial charge in [-0.3, -0.25) is 0 Å². The Kier molecular flexibility index (Phi) is 4.36. The number of hydrogen-bond donors (Lipinski definition) is 1. The van der Waals surface area contributed by atoms with Gasteiger partial charge in [-0.15, -0.1) is 0 Å². The van der Waals surface area contributed by atoms with E-state index in [9.17, 15) is 0 Å². The van der Waals surface area contributed by atoms with Gasteiger partial charge in [0, 0.05) is 25.7 Å². The third-order valence-electron chi connectivity index (χ3n) is 4.18. The fourth-order valence-corrected chi connectivity index (χ4v) is 3.02. The molecule has 21 heavy (non-hydrogen) atoms. The molecule has 0 bridgehead atoms. The van der Waals surface area contributed by atoms with Crippen LogP contribution in [0.4, 0.5) is 5.69 Å². The second kappa shape index (κ2) is 6.24. The van der Waals surface area contributed by atoms with Crippen molar-refractivity contribution in [1.29, 1.82) is 0 Å². The lowest BCUT2D eigenvalue weighted by Crippen LogP contribution is -2.45. The second-order valence-corrected chi connectivity index (χ2v) is 6.32. The van der Waals surface area contributed by atoms with Crippen LogP contribution in [0, 0.1) is 0 Å². The average Bonchev–Trinajstić information content (AvgIpc) is 3.28. The standard InChI is InChI=1S/C17H26N2O2/c1-12-10-19(11-13(2)21-12)16-7-4-14(8-17(16)20-3)9-18-15-5-6-15/h4,7-8,12-13,15,18H,5-6,9-11H2,1-3H3. The highest BCUT2D eigenvalue weighted by Gasteiger charge is 2.25. The SMILES string of the molecule is COc1cc(CNC2CC2)ccc1N1CC(C)OC(C)C1. The number of hydrogen-bond acceptors (Lipinski definition) is 4. The molecule has 116 valence electrons. The molecule has 1 heterocycles. The third-order valence-corrected chi connectivity index (χ3v) is 4.18. The van der Waals surface area contributed by atoms with Crippen LogP contribution in [0.3, 0.4) is 0 Å². The van der Waals surface area contributed by atoms with Crippen molar-refractivity contribution < 1.29 is 9.47 Å². The number of rotatable bonds is 5. The zero-order chi connectivity index (χ0) is 14.8. The molecule has 1 saturated heterocycles. The minimum absolute atomic E-state index is 0.259. The van der Waals surface area contributed by atoms with Crippen LogP contribution in [0.25, 0.3) is 0 Å². The monoisotopic (exact) mass is 290 g/mol. The Morgan fingerprint density at radius 2 is 1.95 bits per heavy atom. The van der Waals surface area contributed by atoms with Crippen molar-refractivity contribution in [3.63, 3.8) is 0 Å². The van der Waals surface area contributed by atoms with E-state index >= 15 is 0 Å². The highest BCUT2D eigenvalue weighted by Crippen LogP contribution is 2.32. The Balaban J connectivity index is 1.74. The molecular formula is C17H26N2O2. The highest BCUT2D eigenvalue weighted by molar-refractivity contribution is 5.60. The smallest absolute Gasteiger partial charge is 0.142 e. The Bertz CT molecular complexity index is 478. The zero-order valence-electron chi connectivity index (χ0n) is 13.3. The Labute approximate surface area is 127 Å². The van der Waals surface area contributed by atoms with Crippen LogP contribution in [-0.4, -0.2) is 38.4 Å². The number of anilines is 1. The Morgan fingerprint density at radius 3 is 2.57 bits per heavy atom. The lowest BCUT2D eigenvalue weighted by atomic mass is 10.1. The third kappa shape index (κ3) is 3.69. The summed E-state index contributed by atoms with van der Waals surface area (Å²) in [5.74, 6) is 0.964. The van der Waals surface area contributed by atoms with Gasteiger partial charge in [0.25, 0.3) is 0 Å². The first-order valence-corrected chi connectivity index (χ1v) is 7.96. The Hall–Kier alpha value is -1.26. The number of nitrogens with zero attached hydrogens (tertiary/aromatic N) is 1. The van der Waals surface area contributed by atoms with Crippen molar-refractivity contribution in [2.24, 2.45) is 0 Å². The topological polar surface area (TPSA) is 33.7 Å². The van der Waals surface area contributed by atoms with Gasteiger partial charge in [0.2, 0.25) is 0 Å². The van der Waals surface area contributed by atoms with Crippen LogP contribution in [0.1, 0.15) is 32.3 Å². The predicted molar refractivity (Wildman–Crippen MR) is 85.1 cm³/mol. The van der Waals surface area contributed by atoms with E-state index in [0.29, 0.717) is 0 Å². The number of ether oxygens (including phenoxy) is 2. The summed E-state index contributed by atoms with van der Waals surface area (Å²) in [7, 11) is 1.75. The van der Waals surface area contributed by atoms with Gasteiger partial charge in [-0.1, -0.05) is 6.07 Å². The van der Waals surface area contributed by atoms with Crippen LogP contribution in [0.5, 0.6) is 5.75 Å². The summed E-state index contributed by atoms with van der Waals surface area (Å²) in [6.07, 6.45) is 3.15. The summed E-state index contributed by atoms with van der Waals surface area (Å²) >= 11 is 0. The molecule has 2 fully saturated rings. The largest absolute Gasteiger partial charge is 0.495 e. The van der Waals surface area contributed by atoms with Gasteiger partial charge in [0.15, 0.2) is 0 Å². The lowest BCUT2D eigenvalue weighted by molar-refractivity contribution is -0.00532. The van der Waals surface area contributed by atoms with E-state index in [0.717, 1.165) is 31.4 Å². The van der Waals surface area contributed by atoms with Gasteiger partial charge in [0.05, 0.1) is 25.0 Å². The zero-order valence-corrected chi connectivity index (χ0v) is 13.3. The molecule has 1 aliphatic carbocycles.